The van der Waals surface area contributed by atoms with Crippen LogP contribution >= 0.6 is 11.6 Å². The van der Waals surface area contributed by atoms with Crippen LogP contribution in [0.15, 0.2) is 36.5 Å². The zero-order valence-electron chi connectivity index (χ0n) is 11.9. The third kappa shape index (κ3) is 4.88. The quantitative estimate of drug-likeness (QED) is 0.800. The van der Waals surface area contributed by atoms with Crippen molar-refractivity contribution in [2.24, 2.45) is 0 Å². The van der Waals surface area contributed by atoms with E-state index >= 15 is 0 Å². The first kappa shape index (κ1) is 15.5. The fraction of sp³-hybridized carbons (Fsp3) is 0.333. The van der Waals surface area contributed by atoms with Crippen LogP contribution in [0.3, 0.4) is 0 Å². The fourth-order valence-corrected chi connectivity index (χ4v) is 2.10. The molecule has 0 saturated heterocycles. The van der Waals surface area contributed by atoms with Gasteiger partial charge in [0.15, 0.2) is 0 Å². The number of carbonyl (C=O) groups excluding carboxylic acids is 1. The van der Waals surface area contributed by atoms with Crippen molar-refractivity contribution < 1.29 is 9.53 Å². The van der Waals surface area contributed by atoms with Crippen molar-refractivity contribution in [2.45, 2.75) is 19.9 Å². The van der Waals surface area contributed by atoms with Crippen LogP contribution in [-0.2, 0) is 16.1 Å². The second-order valence-electron chi connectivity index (χ2n) is 4.50. The average Bonchev–Trinajstić information content (AvgIpc) is 2.86. The average molecular weight is 308 g/mol. The first-order valence-electron chi connectivity index (χ1n) is 6.83. The Balaban J connectivity index is 1.97. The van der Waals surface area contributed by atoms with Crippen LogP contribution in [0, 0.1) is 0 Å². The van der Waals surface area contributed by atoms with Crippen molar-refractivity contribution >= 4 is 23.3 Å². The Hall–Kier alpha value is -1.85. The molecule has 0 aliphatic heterocycles. The van der Waals surface area contributed by atoms with Gasteiger partial charge in [0.05, 0.1) is 25.8 Å². The minimum atomic E-state index is -0.0868. The van der Waals surface area contributed by atoms with E-state index in [1.54, 1.807) is 16.9 Å². The van der Waals surface area contributed by atoms with Gasteiger partial charge in [0.1, 0.15) is 5.82 Å². The smallest absolute Gasteiger partial charge is 0.227 e. The Bertz CT molecular complexity index is 598. The highest BCUT2D eigenvalue weighted by Gasteiger charge is 2.08. The number of aromatic nitrogens is 2. The van der Waals surface area contributed by atoms with Gasteiger partial charge in [-0.2, -0.15) is 5.10 Å². The van der Waals surface area contributed by atoms with E-state index in [0.717, 1.165) is 5.56 Å². The summed E-state index contributed by atoms with van der Waals surface area (Å²) >= 11 is 5.97. The summed E-state index contributed by atoms with van der Waals surface area (Å²) < 4.78 is 6.89. The molecule has 6 heteroatoms. The van der Waals surface area contributed by atoms with Crippen LogP contribution in [0.5, 0.6) is 0 Å². The molecule has 0 bridgehead atoms. The second-order valence-corrected chi connectivity index (χ2v) is 4.94. The summed E-state index contributed by atoms with van der Waals surface area (Å²) in [7, 11) is 0. The molecule has 0 saturated carbocycles. The summed E-state index contributed by atoms with van der Waals surface area (Å²) in [5, 5.41) is 7.73. The molecule has 1 amide bonds. The SMILES string of the molecule is CCOCCC(=O)Nc1ccnn1Cc1cccc(Cl)c1. The first-order chi connectivity index (χ1) is 10.2. The number of rotatable bonds is 7. The van der Waals surface area contributed by atoms with E-state index < -0.39 is 0 Å². The summed E-state index contributed by atoms with van der Waals surface area (Å²) in [5.74, 6) is 0.577. The molecule has 1 aromatic heterocycles. The number of anilines is 1. The van der Waals surface area contributed by atoms with E-state index in [9.17, 15) is 4.79 Å². The zero-order valence-corrected chi connectivity index (χ0v) is 12.6. The zero-order chi connectivity index (χ0) is 15.1. The molecule has 1 aromatic carbocycles. The molecule has 0 spiro atoms. The van der Waals surface area contributed by atoms with E-state index in [1.807, 2.05) is 31.2 Å². The van der Waals surface area contributed by atoms with Gasteiger partial charge in [0.25, 0.3) is 0 Å². The van der Waals surface area contributed by atoms with Crippen LogP contribution in [0.4, 0.5) is 5.82 Å². The maximum Gasteiger partial charge on any atom is 0.227 e. The van der Waals surface area contributed by atoms with Crippen molar-refractivity contribution in [3.05, 3.63) is 47.1 Å². The van der Waals surface area contributed by atoms with E-state index in [-0.39, 0.29) is 5.91 Å². The second kappa shape index (κ2) is 7.81. The van der Waals surface area contributed by atoms with Crippen molar-refractivity contribution in [3.8, 4) is 0 Å². The van der Waals surface area contributed by atoms with Crippen LogP contribution in [0.2, 0.25) is 5.02 Å². The minimum Gasteiger partial charge on any atom is -0.381 e. The largest absolute Gasteiger partial charge is 0.381 e. The number of hydrogen-bond acceptors (Lipinski definition) is 3. The summed E-state index contributed by atoms with van der Waals surface area (Å²) in [6.45, 7) is 3.48. The van der Waals surface area contributed by atoms with Crippen LogP contribution < -0.4 is 5.32 Å². The van der Waals surface area contributed by atoms with E-state index in [1.165, 1.54) is 0 Å². The highest BCUT2D eigenvalue weighted by atomic mass is 35.5. The molecule has 1 N–H and O–H groups in total. The van der Waals surface area contributed by atoms with Gasteiger partial charge < -0.3 is 10.1 Å². The van der Waals surface area contributed by atoms with Gasteiger partial charge in [0.2, 0.25) is 5.91 Å². The maximum absolute atomic E-state index is 11.8. The molecule has 2 rings (SSSR count). The van der Waals surface area contributed by atoms with Crippen molar-refractivity contribution in [1.82, 2.24) is 9.78 Å². The lowest BCUT2D eigenvalue weighted by atomic mass is 10.2. The summed E-state index contributed by atoms with van der Waals surface area (Å²) in [6, 6.07) is 9.33. The molecule has 0 aliphatic rings. The Morgan fingerprint density at radius 1 is 1.43 bits per heavy atom. The van der Waals surface area contributed by atoms with E-state index in [4.69, 9.17) is 16.3 Å². The highest BCUT2D eigenvalue weighted by molar-refractivity contribution is 6.30. The van der Waals surface area contributed by atoms with E-state index in [2.05, 4.69) is 10.4 Å². The number of ether oxygens (including phenoxy) is 1. The van der Waals surface area contributed by atoms with Gasteiger partial charge in [-0.15, -0.1) is 0 Å². The van der Waals surface area contributed by atoms with Crippen molar-refractivity contribution in [3.63, 3.8) is 0 Å². The Morgan fingerprint density at radius 3 is 3.05 bits per heavy atom. The lowest BCUT2D eigenvalue weighted by Gasteiger charge is -2.09. The number of amides is 1. The minimum absolute atomic E-state index is 0.0868. The molecule has 5 nitrogen and oxygen atoms in total. The monoisotopic (exact) mass is 307 g/mol. The highest BCUT2D eigenvalue weighted by Crippen LogP contribution is 2.14. The fourth-order valence-electron chi connectivity index (χ4n) is 1.89. The van der Waals surface area contributed by atoms with Crippen LogP contribution in [-0.4, -0.2) is 28.9 Å². The molecule has 0 radical (unpaired) electrons. The lowest BCUT2D eigenvalue weighted by molar-refractivity contribution is -0.117. The topological polar surface area (TPSA) is 56.1 Å². The molecule has 112 valence electrons. The third-order valence-corrected chi connectivity index (χ3v) is 3.12. The number of benzene rings is 1. The molecular formula is C15H18ClN3O2. The molecule has 0 fully saturated rings. The number of carbonyl (C=O) groups is 1. The molecular weight excluding hydrogens is 290 g/mol. The number of hydrogen-bond donors (Lipinski definition) is 1. The Labute approximate surface area is 128 Å². The lowest BCUT2D eigenvalue weighted by Crippen LogP contribution is -2.17. The van der Waals surface area contributed by atoms with Gasteiger partial charge in [-0.05, 0) is 24.6 Å². The summed E-state index contributed by atoms with van der Waals surface area (Å²) in [6.07, 6.45) is 1.99. The number of nitrogens with zero attached hydrogens (tertiary/aromatic N) is 2. The van der Waals surface area contributed by atoms with Gasteiger partial charge in [-0.3, -0.25) is 4.79 Å². The first-order valence-corrected chi connectivity index (χ1v) is 7.20. The van der Waals surface area contributed by atoms with Gasteiger partial charge in [-0.1, -0.05) is 23.7 Å². The molecule has 1 heterocycles. The predicted octanol–water partition coefficient (Wildman–Crippen LogP) is 2.95. The molecule has 21 heavy (non-hydrogen) atoms. The normalized spacial score (nSPS) is 10.6. The van der Waals surface area contributed by atoms with Gasteiger partial charge in [-0.25, -0.2) is 4.68 Å². The van der Waals surface area contributed by atoms with Crippen molar-refractivity contribution in [2.75, 3.05) is 18.5 Å². The number of halogens is 1. The van der Waals surface area contributed by atoms with Crippen LogP contribution in [0.25, 0.3) is 0 Å². The Kier molecular flexibility index (Phi) is 5.78. The van der Waals surface area contributed by atoms with E-state index in [0.29, 0.717) is 37.0 Å². The molecule has 0 atom stereocenters. The van der Waals surface area contributed by atoms with Gasteiger partial charge in [0, 0.05) is 17.7 Å². The molecule has 0 aliphatic carbocycles. The summed E-state index contributed by atoms with van der Waals surface area (Å²) in [5.41, 5.74) is 1.02. The summed E-state index contributed by atoms with van der Waals surface area (Å²) in [4.78, 5) is 11.8. The molecule has 2 aromatic rings. The maximum atomic E-state index is 11.8. The van der Waals surface area contributed by atoms with Crippen molar-refractivity contribution in [1.29, 1.82) is 0 Å². The molecule has 0 unspecified atom stereocenters. The number of nitrogens with one attached hydrogen (secondary N) is 1. The predicted molar refractivity (Wildman–Crippen MR) is 82.5 cm³/mol. The van der Waals surface area contributed by atoms with Crippen LogP contribution in [0.1, 0.15) is 18.9 Å². The Morgan fingerprint density at radius 2 is 2.29 bits per heavy atom. The standard InChI is InChI=1S/C15H18ClN3O2/c1-2-21-9-7-15(20)18-14-6-8-17-19(14)11-12-4-3-5-13(16)10-12/h3-6,8,10H,2,7,9,11H2,1H3,(H,18,20). The van der Waals surface area contributed by atoms with Gasteiger partial charge >= 0.3 is 0 Å². The third-order valence-electron chi connectivity index (χ3n) is 2.88.